The van der Waals surface area contributed by atoms with Crippen molar-refractivity contribution >= 4 is 16.8 Å². The molecule has 0 unspecified atom stereocenters. The lowest BCUT2D eigenvalue weighted by Crippen LogP contribution is -2.37. The molecule has 1 amide bonds. The van der Waals surface area contributed by atoms with Gasteiger partial charge < -0.3 is 14.1 Å². The first-order valence-electron chi connectivity index (χ1n) is 8.99. The molecular formula is C20H19N3O3. The molecule has 1 aliphatic heterocycles. The molecule has 0 radical (unpaired) electrons. The molecule has 3 aromatic rings. The molecule has 2 aliphatic rings. The largest absolute Gasteiger partial charge is 0.484 e. The molecule has 2 bridgehead atoms. The topological polar surface area (TPSA) is 68.5 Å². The summed E-state index contributed by atoms with van der Waals surface area (Å²) in [4.78, 5) is 23.2. The van der Waals surface area contributed by atoms with Crippen molar-refractivity contribution in [2.45, 2.75) is 31.9 Å². The third kappa shape index (κ3) is 2.71. The van der Waals surface area contributed by atoms with Crippen LogP contribution in [0.5, 0.6) is 5.75 Å². The van der Waals surface area contributed by atoms with E-state index in [1.165, 1.54) is 12.7 Å². The van der Waals surface area contributed by atoms with Crippen molar-refractivity contribution < 1.29 is 13.9 Å². The molecule has 3 heterocycles. The van der Waals surface area contributed by atoms with Crippen LogP contribution in [0.3, 0.4) is 0 Å². The van der Waals surface area contributed by atoms with Gasteiger partial charge in [0.2, 0.25) is 5.89 Å². The Morgan fingerprint density at radius 2 is 2.27 bits per heavy atom. The lowest BCUT2D eigenvalue weighted by atomic mass is 10.1. The van der Waals surface area contributed by atoms with Crippen LogP contribution in [-0.2, 0) is 6.61 Å². The number of pyridine rings is 1. The van der Waals surface area contributed by atoms with E-state index in [2.05, 4.69) is 9.97 Å². The first kappa shape index (κ1) is 15.4. The average Bonchev–Trinajstić information content (AvgIpc) is 3.42. The fourth-order valence-electron chi connectivity index (χ4n) is 4.08. The minimum absolute atomic E-state index is 0.0241. The zero-order valence-electron chi connectivity index (χ0n) is 14.3. The Bertz CT molecular complexity index is 968. The number of piperidine rings is 1. The number of benzene rings is 1. The molecule has 5 rings (SSSR count). The fourth-order valence-corrected chi connectivity index (χ4v) is 4.08. The molecule has 6 nitrogen and oxygen atoms in total. The van der Waals surface area contributed by atoms with Gasteiger partial charge in [-0.15, -0.1) is 0 Å². The number of carbonyl (C=O) groups is 1. The molecule has 132 valence electrons. The second-order valence-electron chi connectivity index (χ2n) is 7.06. The highest BCUT2D eigenvalue weighted by molar-refractivity contribution is 5.92. The van der Waals surface area contributed by atoms with E-state index in [1.54, 1.807) is 6.20 Å². The number of rotatable bonds is 4. The molecule has 1 aliphatic carbocycles. The maximum Gasteiger partial charge on any atom is 0.276 e. The van der Waals surface area contributed by atoms with E-state index in [0.717, 1.165) is 30.3 Å². The maximum absolute atomic E-state index is 12.6. The summed E-state index contributed by atoms with van der Waals surface area (Å²) >= 11 is 0. The first-order chi connectivity index (χ1) is 12.8. The summed E-state index contributed by atoms with van der Waals surface area (Å²) in [7, 11) is 0. The van der Waals surface area contributed by atoms with Crippen LogP contribution in [0.25, 0.3) is 10.9 Å². The van der Waals surface area contributed by atoms with Gasteiger partial charge in [0.25, 0.3) is 5.91 Å². The Kier molecular flexibility index (Phi) is 3.62. The minimum Gasteiger partial charge on any atom is -0.484 e. The molecule has 2 aromatic heterocycles. The van der Waals surface area contributed by atoms with Gasteiger partial charge in [0, 0.05) is 24.2 Å². The predicted molar refractivity (Wildman–Crippen MR) is 94.7 cm³/mol. The van der Waals surface area contributed by atoms with Crippen LogP contribution >= 0.6 is 0 Å². The molecule has 2 fully saturated rings. The Hall–Kier alpha value is -2.89. The third-order valence-corrected chi connectivity index (χ3v) is 5.38. The third-order valence-electron chi connectivity index (χ3n) is 5.38. The van der Waals surface area contributed by atoms with Crippen LogP contribution in [0.2, 0.25) is 0 Å². The van der Waals surface area contributed by atoms with Crippen molar-refractivity contribution in [3.05, 3.63) is 54.4 Å². The normalized spacial score (nSPS) is 21.5. The van der Waals surface area contributed by atoms with Crippen molar-refractivity contribution in [1.82, 2.24) is 14.9 Å². The molecule has 26 heavy (non-hydrogen) atoms. The Morgan fingerprint density at radius 3 is 3.12 bits per heavy atom. The van der Waals surface area contributed by atoms with Gasteiger partial charge in [-0.1, -0.05) is 6.07 Å². The summed E-state index contributed by atoms with van der Waals surface area (Å²) in [5.41, 5.74) is 1.29. The molecular weight excluding hydrogens is 330 g/mol. The quantitative estimate of drug-likeness (QED) is 0.722. The number of carbonyl (C=O) groups excluding carboxylic acids is 1. The summed E-state index contributed by atoms with van der Waals surface area (Å²) in [5.74, 6) is 1.77. The van der Waals surface area contributed by atoms with Gasteiger partial charge in [-0.2, -0.15) is 0 Å². The Balaban J connectivity index is 1.26. The van der Waals surface area contributed by atoms with Gasteiger partial charge in [-0.3, -0.25) is 9.78 Å². The smallest absolute Gasteiger partial charge is 0.276 e. The number of hydrogen-bond donors (Lipinski definition) is 0. The number of ether oxygens (including phenoxy) is 1. The van der Waals surface area contributed by atoms with Gasteiger partial charge in [-0.25, -0.2) is 4.98 Å². The van der Waals surface area contributed by atoms with Gasteiger partial charge in [0.05, 0.1) is 5.52 Å². The SMILES string of the molecule is O=C(c1coc(COc2ccc3ncccc3c2)n1)N1C[C@H]2CC[C@H]1C2. The molecule has 0 N–H and O–H groups in total. The number of hydrogen-bond acceptors (Lipinski definition) is 5. The van der Waals surface area contributed by atoms with Crippen LogP contribution in [0.1, 0.15) is 35.6 Å². The fraction of sp³-hybridized carbons (Fsp3) is 0.350. The second-order valence-corrected chi connectivity index (χ2v) is 7.06. The van der Waals surface area contributed by atoms with Gasteiger partial charge >= 0.3 is 0 Å². The van der Waals surface area contributed by atoms with E-state index in [9.17, 15) is 4.79 Å². The molecule has 2 atom stereocenters. The minimum atomic E-state index is -0.0241. The molecule has 6 heteroatoms. The Morgan fingerprint density at radius 1 is 1.31 bits per heavy atom. The Labute approximate surface area is 150 Å². The van der Waals surface area contributed by atoms with E-state index >= 15 is 0 Å². The zero-order chi connectivity index (χ0) is 17.5. The van der Waals surface area contributed by atoms with Gasteiger partial charge in [-0.05, 0) is 49.4 Å². The van der Waals surface area contributed by atoms with Crippen molar-refractivity contribution in [2.24, 2.45) is 5.92 Å². The number of amides is 1. The molecule has 1 aromatic carbocycles. The summed E-state index contributed by atoms with van der Waals surface area (Å²) in [6.07, 6.45) is 6.70. The summed E-state index contributed by atoms with van der Waals surface area (Å²) < 4.78 is 11.2. The number of oxazole rings is 1. The predicted octanol–water partition coefficient (Wildman–Crippen LogP) is 3.43. The summed E-state index contributed by atoms with van der Waals surface area (Å²) in [6.45, 7) is 1.04. The van der Waals surface area contributed by atoms with Crippen LogP contribution < -0.4 is 4.74 Å². The lowest BCUT2D eigenvalue weighted by molar-refractivity contribution is 0.0697. The van der Waals surface area contributed by atoms with E-state index in [-0.39, 0.29) is 12.5 Å². The maximum atomic E-state index is 12.6. The van der Waals surface area contributed by atoms with Crippen LogP contribution in [0, 0.1) is 5.92 Å². The summed E-state index contributed by atoms with van der Waals surface area (Å²) in [6, 6.07) is 9.97. The van der Waals surface area contributed by atoms with E-state index < -0.39 is 0 Å². The van der Waals surface area contributed by atoms with Gasteiger partial charge in [0.1, 0.15) is 12.0 Å². The number of aromatic nitrogens is 2. The van der Waals surface area contributed by atoms with E-state index in [0.29, 0.717) is 29.3 Å². The standard InChI is InChI=1S/C20H19N3O3/c24-20(23-10-13-3-4-15(23)8-13)18-11-26-19(22-18)12-25-16-5-6-17-14(9-16)2-1-7-21-17/h1-2,5-7,9,11,13,15H,3-4,8,10,12H2/t13-,15-/m0/s1. The number of likely N-dealkylation sites (tertiary alicyclic amines) is 1. The van der Waals surface area contributed by atoms with Crippen molar-refractivity contribution in [2.75, 3.05) is 6.54 Å². The highest BCUT2D eigenvalue weighted by Crippen LogP contribution is 2.38. The molecule has 0 spiro atoms. The average molecular weight is 349 g/mol. The van der Waals surface area contributed by atoms with Crippen molar-refractivity contribution in [1.29, 1.82) is 0 Å². The van der Waals surface area contributed by atoms with Crippen LogP contribution in [0.15, 0.2) is 47.2 Å². The van der Waals surface area contributed by atoms with Crippen molar-refractivity contribution in [3.63, 3.8) is 0 Å². The van der Waals surface area contributed by atoms with E-state index in [1.807, 2.05) is 35.2 Å². The monoisotopic (exact) mass is 349 g/mol. The van der Waals surface area contributed by atoms with Crippen molar-refractivity contribution in [3.8, 4) is 5.75 Å². The molecule has 1 saturated carbocycles. The van der Waals surface area contributed by atoms with Crippen LogP contribution in [0.4, 0.5) is 0 Å². The molecule has 1 saturated heterocycles. The zero-order valence-corrected chi connectivity index (χ0v) is 14.3. The highest BCUT2D eigenvalue weighted by atomic mass is 16.5. The van der Waals surface area contributed by atoms with Crippen LogP contribution in [-0.4, -0.2) is 33.4 Å². The number of nitrogens with zero attached hydrogens (tertiary/aromatic N) is 3. The highest BCUT2D eigenvalue weighted by Gasteiger charge is 2.41. The second kappa shape index (κ2) is 6.12. The lowest BCUT2D eigenvalue weighted by Gasteiger charge is -2.25. The van der Waals surface area contributed by atoms with E-state index in [4.69, 9.17) is 9.15 Å². The van der Waals surface area contributed by atoms with Gasteiger partial charge in [0.15, 0.2) is 12.3 Å². The number of fused-ring (bicyclic) bond motifs is 3. The summed E-state index contributed by atoms with van der Waals surface area (Å²) in [5, 5.41) is 1.01. The first-order valence-corrected chi connectivity index (χ1v) is 8.99.